The Morgan fingerprint density at radius 3 is 1.02 bits per heavy atom. The van der Waals surface area contributed by atoms with Gasteiger partial charge < -0.3 is 29.4 Å². The fourth-order valence-electron chi connectivity index (χ4n) is 10.3. The molecule has 0 saturated heterocycles. The lowest BCUT2D eigenvalue weighted by atomic mass is 9.95. The molecule has 3 aliphatic rings. The fraction of sp³-hybridized carbons (Fsp3) is 0.0517. The average Bonchev–Trinajstić information content (AvgIpc) is 3.82. The summed E-state index contributed by atoms with van der Waals surface area (Å²) in [4.78, 5) is 19.4. The number of rotatable bonds is 5. The zero-order valence-corrected chi connectivity index (χ0v) is 37.5. The van der Waals surface area contributed by atoms with Gasteiger partial charge in [0.15, 0.2) is 0 Å². The first-order valence-electron chi connectivity index (χ1n) is 22.3. The van der Waals surface area contributed by atoms with E-state index in [1.165, 1.54) is 4.70 Å². The molecule has 0 radical (unpaired) electrons. The molecule has 13 rings (SSSR count). The number of thiazole rings is 1. The standard InChI is InChI=1S/C58H43N7S/c1-60-42-19-5-11-25-48(42)63(49-26-12-6-20-43(49)60)54-37-56(65-52-29-15-9-23-46(52)62(3)47-24-10-16-30-53(47)65)55(64-50-27-13-7-21-44(50)61(2)45-22-8-14-28-51(45)64)36-40(54)38-32-34-39(35-33-38)58-59-41-18-4-17-31-57(41)66-58/h4-37H,1-3H3. The summed E-state index contributed by atoms with van der Waals surface area (Å²) in [5, 5.41) is 1.01. The van der Waals surface area contributed by atoms with E-state index >= 15 is 0 Å². The molecule has 9 aromatic carbocycles. The van der Waals surface area contributed by atoms with Gasteiger partial charge in [-0.3, -0.25) is 0 Å². The van der Waals surface area contributed by atoms with Gasteiger partial charge in [-0.1, -0.05) is 109 Å². The number of aromatic nitrogens is 1. The molecule has 7 nitrogen and oxygen atoms in total. The summed E-state index contributed by atoms with van der Waals surface area (Å²) in [6.07, 6.45) is 0. The summed E-state index contributed by atoms with van der Waals surface area (Å²) in [5.41, 5.74) is 21.0. The predicted molar refractivity (Wildman–Crippen MR) is 279 cm³/mol. The number of para-hydroxylation sites is 13. The van der Waals surface area contributed by atoms with Crippen molar-refractivity contribution in [2.24, 2.45) is 0 Å². The van der Waals surface area contributed by atoms with Gasteiger partial charge in [0.25, 0.3) is 0 Å². The second-order valence-corrected chi connectivity index (χ2v) is 18.1. The topological polar surface area (TPSA) is 32.3 Å². The maximum absolute atomic E-state index is 5.05. The van der Waals surface area contributed by atoms with Crippen LogP contribution in [0.3, 0.4) is 0 Å². The first kappa shape index (κ1) is 38.2. The van der Waals surface area contributed by atoms with E-state index in [9.17, 15) is 0 Å². The van der Waals surface area contributed by atoms with Gasteiger partial charge in [-0.25, -0.2) is 4.98 Å². The number of hydrogen-bond acceptors (Lipinski definition) is 8. The average molecular weight is 870 g/mol. The molecule has 316 valence electrons. The molecule has 0 N–H and O–H groups in total. The van der Waals surface area contributed by atoms with E-state index in [4.69, 9.17) is 4.98 Å². The molecule has 0 saturated carbocycles. The van der Waals surface area contributed by atoms with Crippen molar-refractivity contribution in [1.29, 1.82) is 0 Å². The minimum absolute atomic E-state index is 1.01. The van der Waals surface area contributed by atoms with Crippen molar-refractivity contribution in [3.63, 3.8) is 0 Å². The maximum Gasteiger partial charge on any atom is 0.124 e. The van der Waals surface area contributed by atoms with Crippen molar-refractivity contribution in [2.45, 2.75) is 0 Å². The van der Waals surface area contributed by atoms with Crippen LogP contribution in [0.15, 0.2) is 206 Å². The van der Waals surface area contributed by atoms with Gasteiger partial charge in [-0.15, -0.1) is 11.3 Å². The molecule has 0 unspecified atom stereocenters. The third-order valence-corrected chi connectivity index (χ3v) is 14.5. The molecule has 8 heteroatoms. The molecule has 66 heavy (non-hydrogen) atoms. The predicted octanol–water partition coefficient (Wildman–Crippen LogP) is 16.3. The highest BCUT2D eigenvalue weighted by molar-refractivity contribution is 7.21. The highest BCUT2D eigenvalue weighted by Gasteiger charge is 2.37. The first-order chi connectivity index (χ1) is 32.5. The van der Waals surface area contributed by atoms with Crippen LogP contribution in [0, 0.1) is 0 Å². The van der Waals surface area contributed by atoms with Crippen molar-refractivity contribution in [2.75, 3.05) is 50.5 Å². The van der Waals surface area contributed by atoms with E-state index in [1.807, 2.05) is 0 Å². The minimum atomic E-state index is 1.01. The van der Waals surface area contributed by atoms with Crippen molar-refractivity contribution >= 4 is 107 Å². The smallest absolute Gasteiger partial charge is 0.124 e. The molecule has 3 aliphatic heterocycles. The van der Waals surface area contributed by atoms with Crippen LogP contribution in [0.25, 0.3) is 31.9 Å². The summed E-state index contributed by atoms with van der Waals surface area (Å²) in [6, 6.07) is 75.0. The van der Waals surface area contributed by atoms with Crippen LogP contribution in [-0.4, -0.2) is 26.1 Å². The molecular weight excluding hydrogens is 827 g/mol. The Morgan fingerprint density at radius 2 is 0.621 bits per heavy atom. The van der Waals surface area contributed by atoms with Gasteiger partial charge in [0.1, 0.15) is 5.01 Å². The third-order valence-electron chi connectivity index (χ3n) is 13.5. The summed E-state index contributed by atoms with van der Waals surface area (Å²) < 4.78 is 1.19. The highest BCUT2D eigenvalue weighted by atomic mass is 32.1. The van der Waals surface area contributed by atoms with Gasteiger partial charge in [-0.05, 0) is 103 Å². The van der Waals surface area contributed by atoms with Crippen LogP contribution in [0.2, 0.25) is 0 Å². The number of nitrogens with zero attached hydrogens (tertiary/aromatic N) is 7. The zero-order chi connectivity index (χ0) is 44.0. The quantitative estimate of drug-likeness (QED) is 0.170. The van der Waals surface area contributed by atoms with E-state index in [2.05, 4.69) is 257 Å². The minimum Gasteiger partial charge on any atom is -0.341 e. The molecule has 0 fully saturated rings. The van der Waals surface area contributed by atoms with Gasteiger partial charge in [-0.2, -0.15) is 0 Å². The summed E-state index contributed by atoms with van der Waals surface area (Å²) in [6.45, 7) is 0. The summed E-state index contributed by atoms with van der Waals surface area (Å²) in [5.74, 6) is 0. The van der Waals surface area contributed by atoms with Crippen LogP contribution in [0.5, 0.6) is 0 Å². The largest absolute Gasteiger partial charge is 0.341 e. The van der Waals surface area contributed by atoms with Crippen LogP contribution in [0.4, 0.5) is 85.3 Å². The number of benzene rings is 9. The van der Waals surface area contributed by atoms with Crippen molar-refractivity contribution in [3.05, 3.63) is 206 Å². The summed E-state index contributed by atoms with van der Waals surface area (Å²) >= 11 is 1.73. The van der Waals surface area contributed by atoms with Gasteiger partial charge in [0.05, 0.1) is 95.5 Å². The fourth-order valence-corrected chi connectivity index (χ4v) is 11.3. The molecule has 0 bridgehead atoms. The Hall–Kier alpha value is -8.33. The lowest BCUT2D eigenvalue weighted by Crippen LogP contribution is -2.28. The number of anilines is 15. The third kappa shape index (κ3) is 5.71. The lowest BCUT2D eigenvalue weighted by molar-refractivity contribution is 1.10. The molecule has 1 aromatic heterocycles. The molecule has 0 spiro atoms. The van der Waals surface area contributed by atoms with Crippen LogP contribution in [-0.2, 0) is 0 Å². The van der Waals surface area contributed by atoms with E-state index < -0.39 is 0 Å². The molecule has 0 atom stereocenters. The molecule has 0 aliphatic carbocycles. The monoisotopic (exact) mass is 869 g/mol. The van der Waals surface area contributed by atoms with Crippen molar-refractivity contribution in [3.8, 4) is 21.7 Å². The van der Waals surface area contributed by atoms with Crippen molar-refractivity contribution < 1.29 is 0 Å². The molecule has 4 heterocycles. The highest BCUT2D eigenvalue weighted by Crippen LogP contribution is 2.61. The zero-order valence-electron chi connectivity index (χ0n) is 36.7. The molecular formula is C58H43N7S. The van der Waals surface area contributed by atoms with Crippen LogP contribution >= 0.6 is 11.3 Å². The number of fused-ring (bicyclic) bond motifs is 7. The Morgan fingerprint density at radius 1 is 0.303 bits per heavy atom. The Kier molecular flexibility index (Phi) is 8.60. The SMILES string of the molecule is CN1c2ccccc2N(c2cc(N3c4ccccc4N(C)c4ccccc43)c(N3c4ccccc4N(C)c4ccccc43)cc2-c2ccc(-c3nc4ccccc4s3)cc2)c2ccccc21. The van der Waals surface area contributed by atoms with Gasteiger partial charge in [0.2, 0.25) is 0 Å². The maximum atomic E-state index is 5.05. The van der Waals surface area contributed by atoms with Crippen molar-refractivity contribution in [1.82, 2.24) is 4.98 Å². The van der Waals surface area contributed by atoms with E-state index in [-0.39, 0.29) is 0 Å². The first-order valence-corrected chi connectivity index (χ1v) is 23.1. The van der Waals surface area contributed by atoms with Crippen LogP contribution in [0.1, 0.15) is 0 Å². The Balaban J connectivity index is 1.15. The second kappa shape index (κ2) is 14.9. The normalized spacial score (nSPS) is 13.5. The van der Waals surface area contributed by atoms with Gasteiger partial charge >= 0.3 is 0 Å². The summed E-state index contributed by atoms with van der Waals surface area (Å²) in [7, 11) is 6.52. The Bertz CT molecular complexity index is 3370. The molecule has 10 aromatic rings. The Labute approximate surface area is 388 Å². The van der Waals surface area contributed by atoms with Gasteiger partial charge in [0, 0.05) is 32.3 Å². The van der Waals surface area contributed by atoms with E-state index in [0.717, 1.165) is 113 Å². The second-order valence-electron chi connectivity index (χ2n) is 17.0. The van der Waals surface area contributed by atoms with E-state index in [1.54, 1.807) is 11.3 Å². The lowest BCUT2D eigenvalue weighted by Gasteiger charge is -2.44. The molecule has 0 amide bonds. The van der Waals surface area contributed by atoms with Crippen LogP contribution < -0.4 is 29.4 Å². The number of hydrogen-bond donors (Lipinski definition) is 0. The van der Waals surface area contributed by atoms with E-state index in [0.29, 0.717) is 0 Å².